The minimum Gasteiger partial charge on any atom is -0.390 e. The maximum absolute atomic E-state index is 10.4. The SMILES string of the molecule is COCCNCCC(C)(O)Cc1c(C)nn(C)c1Cl. The highest BCUT2D eigenvalue weighted by molar-refractivity contribution is 6.30. The molecule has 0 aliphatic carbocycles. The zero-order chi connectivity index (χ0) is 14.5. The molecule has 6 heteroatoms. The summed E-state index contributed by atoms with van der Waals surface area (Å²) < 4.78 is 6.59. The van der Waals surface area contributed by atoms with Gasteiger partial charge in [0.15, 0.2) is 0 Å². The molecule has 1 aromatic rings. The van der Waals surface area contributed by atoms with Gasteiger partial charge in [-0.1, -0.05) is 11.6 Å². The van der Waals surface area contributed by atoms with E-state index < -0.39 is 5.60 Å². The molecule has 5 nitrogen and oxygen atoms in total. The predicted octanol–water partition coefficient (Wildman–Crippen LogP) is 1.30. The Morgan fingerprint density at radius 2 is 2.16 bits per heavy atom. The predicted molar refractivity (Wildman–Crippen MR) is 76.6 cm³/mol. The van der Waals surface area contributed by atoms with Crippen LogP contribution in [-0.4, -0.2) is 47.3 Å². The van der Waals surface area contributed by atoms with Crippen molar-refractivity contribution in [2.75, 3.05) is 26.8 Å². The van der Waals surface area contributed by atoms with Crippen LogP contribution in [0.1, 0.15) is 24.6 Å². The van der Waals surface area contributed by atoms with Gasteiger partial charge in [-0.05, 0) is 26.8 Å². The number of rotatable bonds is 8. The molecule has 1 rings (SSSR count). The molecule has 0 aliphatic heterocycles. The Kier molecular flexibility index (Phi) is 6.26. The maximum Gasteiger partial charge on any atom is 0.130 e. The second-order valence-corrected chi connectivity index (χ2v) is 5.50. The highest BCUT2D eigenvalue weighted by Gasteiger charge is 2.24. The molecule has 0 bridgehead atoms. The molecule has 0 saturated heterocycles. The average molecular weight is 290 g/mol. The van der Waals surface area contributed by atoms with E-state index in [9.17, 15) is 5.11 Å². The number of nitrogens with one attached hydrogen (secondary N) is 1. The van der Waals surface area contributed by atoms with Crippen molar-refractivity contribution in [1.29, 1.82) is 0 Å². The highest BCUT2D eigenvalue weighted by atomic mass is 35.5. The largest absolute Gasteiger partial charge is 0.390 e. The Morgan fingerprint density at radius 3 is 2.68 bits per heavy atom. The van der Waals surface area contributed by atoms with E-state index in [0.717, 1.165) is 24.3 Å². The Hall–Kier alpha value is -0.620. The quantitative estimate of drug-likeness (QED) is 0.708. The Morgan fingerprint density at radius 1 is 1.47 bits per heavy atom. The van der Waals surface area contributed by atoms with Gasteiger partial charge in [0.2, 0.25) is 0 Å². The first-order valence-corrected chi connectivity index (χ1v) is 6.85. The van der Waals surface area contributed by atoms with E-state index in [-0.39, 0.29) is 0 Å². The van der Waals surface area contributed by atoms with Crippen LogP contribution in [0.5, 0.6) is 0 Å². The minimum atomic E-state index is -0.794. The number of aromatic nitrogens is 2. The lowest BCUT2D eigenvalue weighted by Crippen LogP contribution is -2.33. The Labute approximate surface area is 119 Å². The zero-order valence-corrected chi connectivity index (χ0v) is 12.9. The second kappa shape index (κ2) is 7.24. The molecule has 0 fully saturated rings. The first-order valence-electron chi connectivity index (χ1n) is 6.47. The molecule has 1 heterocycles. The van der Waals surface area contributed by atoms with Gasteiger partial charge in [-0.15, -0.1) is 0 Å². The number of halogens is 1. The minimum absolute atomic E-state index is 0.511. The van der Waals surface area contributed by atoms with Gasteiger partial charge in [0, 0.05) is 32.7 Å². The lowest BCUT2D eigenvalue weighted by molar-refractivity contribution is 0.0509. The van der Waals surface area contributed by atoms with Gasteiger partial charge in [-0.25, -0.2) is 0 Å². The van der Waals surface area contributed by atoms with Gasteiger partial charge in [-0.3, -0.25) is 4.68 Å². The number of nitrogens with zero attached hydrogens (tertiary/aromatic N) is 2. The third-order valence-corrected chi connectivity index (χ3v) is 3.62. The van der Waals surface area contributed by atoms with Crippen molar-refractivity contribution in [2.45, 2.75) is 32.3 Å². The molecule has 0 radical (unpaired) electrons. The van der Waals surface area contributed by atoms with E-state index >= 15 is 0 Å². The fraction of sp³-hybridized carbons (Fsp3) is 0.769. The number of ether oxygens (including phenoxy) is 1. The molecule has 0 amide bonds. The molecule has 1 atom stereocenters. The van der Waals surface area contributed by atoms with Crippen molar-refractivity contribution in [1.82, 2.24) is 15.1 Å². The molecule has 0 aliphatic rings. The van der Waals surface area contributed by atoms with Crippen LogP contribution in [0.3, 0.4) is 0 Å². The molecule has 1 unspecified atom stereocenters. The van der Waals surface area contributed by atoms with Gasteiger partial charge in [-0.2, -0.15) is 5.10 Å². The van der Waals surface area contributed by atoms with Crippen LogP contribution < -0.4 is 5.32 Å². The number of hydrogen-bond donors (Lipinski definition) is 2. The smallest absolute Gasteiger partial charge is 0.130 e. The second-order valence-electron chi connectivity index (χ2n) is 5.14. The summed E-state index contributed by atoms with van der Waals surface area (Å²) in [6.07, 6.45) is 1.17. The van der Waals surface area contributed by atoms with E-state index in [0.29, 0.717) is 24.6 Å². The van der Waals surface area contributed by atoms with E-state index in [1.807, 2.05) is 13.8 Å². The molecule has 19 heavy (non-hydrogen) atoms. The van der Waals surface area contributed by atoms with E-state index in [1.165, 1.54) is 0 Å². The van der Waals surface area contributed by atoms with Gasteiger partial charge in [0.05, 0.1) is 17.9 Å². The molecule has 0 aromatic carbocycles. The molecular formula is C13H24ClN3O2. The average Bonchev–Trinajstić information content (AvgIpc) is 2.55. The fourth-order valence-corrected chi connectivity index (χ4v) is 2.24. The van der Waals surface area contributed by atoms with Crippen LogP contribution >= 0.6 is 11.6 Å². The molecular weight excluding hydrogens is 266 g/mol. The van der Waals surface area contributed by atoms with Crippen molar-refractivity contribution in [3.8, 4) is 0 Å². The normalized spacial score (nSPS) is 14.6. The van der Waals surface area contributed by atoms with Crippen LogP contribution in [0.2, 0.25) is 5.15 Å². The van der Waals surface area contributed by atoms with Crippen LogP contribution in [0.4, 0.5) is 0 Å². The third kappa shape index (κ3) is 5.10. The van der Waals surface area contributed by atoms with Gasteiger partial charge >= 0.3 is 0 Å². The summed E-state index contributed by atoms with van der Waals surface area (Å²) in [6, 6.07) is 0. The first-order chi connectivity index (χ1) is 8.87. The summed E-state index contributed by atoms with van der Waals surface area (Å²) in [4.78, 5) is 0. The van der Waals surface area contributed by atoms with Crippen molar-refractivity contribution < 1.29 is 9.84 Å². The summed E-state index contributed by atoms with van der Waals surface area (Å²) in [5, 5.41) is 18.5. The lowest BCUT2D eigenvalue weighted by atomic mass is 9.93. The number of methoxy groups -OCH3 is 1. The van der Waals surface area contributed by atoms with Crippen molar-refractivity contribution in [2.24, 2.45) is 7.05 Å². The topological polar surface area (TPSA) is 59.3 Å². The van der Waals surface area contributed by atoms with Crippen molar-refractivity contribution >= 4 is 11.6 Å². The highest BCUT2D eigenvalue weighted by Crippen LogP contribution is 2.25. The lowest BCUT2D eigenvalue weighted by Gasteiger charge is -2.23. The van der Waals surface area contributed by atoms with Gasteiger partial charge in [0.25, 0.3) is 0 Å². The molecule has 2 N–H and O–H groups in total. The van der Waals surface area contributed by atoms with Crippen LogP contribution in [0, 0.1) is 6.92 Å². The van der Waals surface area contributed by atoms with Crippen LogP contribution in [0.15, 0.2) is 0 Å². The van der Waals surface area contributed by atoms with Crippen LogP contribution in [0.25, 0.3) is 0 Å². The fourth-order valence-electron chi connectivity index (χ4n) is 2.00. The number of aliphatic hydroxyl groups is 1. The summed E-state index contributed by atoms with van der Waals surface area (Å²) >= 11 is 6.18. The Bertz CT molecular complexity index is 405. The summed E-state index contributed by atoms with van der Waals surface area (Å²) in [5.41, 5.74) is 1.00. The van der Waals surface area contributed by atoms with Crippen molar-refractivity contribution in [3.63, 3.8) is 0 Å². The van der Waals surface area contributed by atoms with Crippen molar-refractivity contribution in [3.05, 3.63) is 16.4 Å². The van der Waals surface area contributed by atoms with E-state index in [1.54, 1.807) is 18.8 Å². The van der Waals surface area contributed by atoms with Gasteiger partial charge < -0.3 is 15.2 Å². The monoisotopic (exact) mass is 289 g/mol. The van der Waals surface area contributed by atoms with E-state index in [2.05, 4.69) is 10.4 Å². The zero-order valence-electron chi connectivity index (χ0n) is 12.2. The van der Waals surface area contributed by atoms with Gasteiger partial charge in [0.1, 0.15) is 5.15 Å². The number of aryl methyl sites for hydroxylation is 2. The molecule has 0 spiro atoms. The van der Waals surface area contributed by atoms with Crippen LogP contribution in [-0.2, 0) is 18.2 Å². The number of hydrogen-bond acceptors (Lipinski definition) is 4. The van der Waals surface area contributed by atoms with E-state index in [4.69, 9.17) is 16.3 Å². The summed E-state index contributed by atoms with van der Waals surface area (Å²) in [7, 11) is 3.48. The standard InChI is InChI=1S/C13H24ClN3O2/c1-10-11(12(14)17(3)16-10)9-13(2,18)5-6-15-7-8-19-4/h15,18H,5-9H2,1-4H3. The summed E-state index contributed by atoms with van der Waals surface area (Å²) in [6.45, 7) is 5.95. The summed E-state index contributed by atoms with van der Waals surface area (Å²) in [5.74, 6) is 0. The Balaban J connectivity index is 2.49. The molecule has 1 aromatic heterocycles. The first kappa shape index (κ1) is 16.4. The maximum atomic E-state index is 10.4. The molecule has 110 valence electrons. The third-order valence-electron chi connectivity index (χ3n) is 3.15. The molecule has 0 saturated carbocycles.